The smallest absolute Gasteiger partial charge is 0.340 e. The molecule has 2 amide bonds. The molecule has 1 N–H and O–H groups in total. The molecular formula is C30H29N3O5. The van der Waals surface area contributed by atoms with Crippen LogP contribution in [-0.2, 0) is 25.7 Å². The van der Waals surface area contributed by atoms with E-state index in [4.69, 9.17) is 9.47 Å². The summed E-state index contributed by atoms with van der Waals surface area (Å²) in [5.74, 6) is -0.602. The Morgan fingerprint density at radius 1 is 1.05 bits per heavy atom. The molecule has 0 saturated heterocycles. The normalized spacial score (nSPS) is 15.0. The monoisotopic (exact) mass is 511 g/mol. The van der Waals surface area contributed by atoms with Crippen molar-refractivity contribution in [2.75, 3.05) is 13.7 Å². The lowest BCUT2D eigenvalue weighted by molar-refractivity contribution is -0.136. The number of carbonyl (C=O) groups is 3. The van der Waals surface area contributed by atoms with E-state index in [2.05, 4.69) is 10.3 Å². The van der Waals surface area contributed by atoms with Gasteiger partial charge in [-0.15, -0.1) is 0 Å². The van der Waals surface area contributed by atoms with Gasteiger partial charge in [0.2, 0.25) is 0 Å². The van der Waals surface area contributed by atoms with Gasteiger partial charge in [-0.05, 0) is 54.8 Å². The number of methoxy groups -OCH3 is 1. The van der Waals surface area contributed by atoms with Crippen LogP contribution < -0.4 is 10.1 Å². The predicted octanol–water partition coefficient (Wildman–Crippen LogP) is 4.21. The van der Waals surface area contributed by atoms with E-state index in [1.54, 1.807) is 60.6 Å². The number of nitrogens with one attached hydrogen (secondary N) is 1. The standard InChI is InChI=1S/C30H29N3O5/c1-20(24-9-5-4-6-10-24)32-27(34)19-38-25-13-11-22(12-14-25)16-26-28(30(36)37-3)21(2)33(29(26)35)18-23-8-7-15-31-17-23/h4-17,20H,18-19H2,1-3H3,(H,32,34)/b26-16-/t20-/m1/s1. The van der Waals surface area contributed by atoms with E-state index in [1.807, 2.05) is 43.3 Å². The lowest BCUT2D eigenvalue weighted by atomic mass is 10.0. The average molecular weight is 512 g/mol. The first-order valence-electron chi connectivity index (χ1n) is 12.2. The second kappa shape index (κ2) is 12.0. The van der Waals surface area contributed by atoms with Crippen LogP contribution in [0, 0.1) is 0 Å². The maximum Gasteiger partial charge on any atom is 0.340 e. The number of allylic oxidation sites excluding steroid dienone is 1. The molecule has 0 bridgehead atoms. The summed E-state index contributed by atoms with van der Waals surface area (Å²) in [6, 6.07) is 20.1. The molecule has 38 heavy (non-hydrogen) atoms. The third kappa shape index (κ3) is 6.15. The highest BCUT2D eigenvalue weighted by atomic mass is 16.5. The van der Waals surface area contributed by atoms with Crippen LogP contribution in [0.5, 0.6) is 5.75 Å². The topological polar surface area (TPSA) is 97.8 Å². The number of benzene rings is 2. The molecule has 8 nitrogen and oxygen atoms in total. The Morgan fingerprint density at radius 3 is 2.45 bits per heavy atom. The zero-order chi connectivity index (χ0) is 27.1. The largest absolute Gasteiger partial charge is 0.484 e. The Morgan fingerprint density at radius 2 is 1.79 bits per heavy atom. The number of hydrogen-bond donors (Lipinski definition) is 1. The molecule has 194 valence electrons. The van der Waals surface area contributed by atoms with Gasteiger partial charge in [-0.3, -0.25) is 14.6 Å². The summed E-state index contributed by atoms with van der Waals surface area (Å²) in [5, 5.41) is 2.91. The summed E-state index contributed by atoms with van der Waals surface area (Å²) in [5.41, 5.74) is 3.55. The van der Waals surface area contributed by atoms with Gasteiger partial charge in [-0.25, -0.2) is 4.79 Å². The number of rotatable bonds is 9. The van der Waals surface area contributed by atoms with Crippen molar-refractivity contribution in [2.45, 2.75) is 26.4 Å². The second-order valence-electron chi connectivity index (χ2n) is 8.82. The van der Waals surface area contributed by atoms with Crippen molar-refractivity contribution in [3.63, 3.8) is 0 Å². The van der Waals surface area contributed by atoms with Crippen LogP contribution in [0.25, 0.3) is 6.08 Å². The van der Waals surface area contributed by atoms with Crippen molar-refractivity contribution in [1.29, 1.82) is 0 Å². The van der Waals surface area contributed by atoms with Crippen molar-refractivity contribution < 1.29 is 23.9 Å². The first-order valence-corrected chi connectivity index (χ1v) is 12.2. The van der Waals surface area contributed by atoms with Crippen molar-refractivity contribution in [3.05, 3.63) is 113 Å². The molecular weight excluding hydrogens is 482 g/mol. The van der Waals surface area contributed by atoms with E-state index in [0.29, 0.717) is 17.0 Å². The third-order valence-electron chi connectivity index (χ3n) is 6.20. The Bertz CT molecular complexity index is 1370. The summed E-state index contributed by atoms with van der Waals surface area (Å²) >= 11 is 0. The number of pyridine rings is 1. The van der Waals surface area contributed by atoms with Gasteiger partial charge in [0.15, 0.2) is 6.61 Å². The molecule has 1 aliphatic heterocycles. The van der Waals surface area contributed by atoms with Crippen molar-refractivity contribution in [3.8, 4) is 5.75 Å². The zero-order valence-electron chi connectivity index (χ0n) is 21.5. The molecule has 2 aromatic carbocycles. The molecule has 1 aromatic heterocycles. The van der Waals surface area contributed by atoms with E-state index < -0.39 is 5.97 Å². The minimum absolute atomic E-state index is 0.131. The number of esters is 1. The number of hydrogen-bond acceptors (Lipinski definition) is 6. The summed E-state index contributed by atoms with van der Waals surface area (Å²) in [4.78, 5) is 43.8. The van der Waals surface area contributed by atoms with Crippen LogP contribution in [-0.4, -0.2) is 41.4 Å². The lowest BCUT2D eigenvalue weighted by Gasteiger charge is -2.17. The van der Waals surface area contributed by atoms with Crippen LogP contribution >= 0.6 is 0 Å². The fraction of sp³-hybridized carbons (Fsp3) is 0.200. The van der Waals surface area contributed by atoms with E-state index in [9.17, 15) is 14.4 Å². The molecule has 0 fully saturated rings. The fourth-order valence-electron chi connectivity index (χ4n) is 4.18. The second-order valence-corrected chi connectivity index (χ2v) is 8.82. The molecule has 8 heteroatoms. The van der Waals surface area contributed by atoms with Crippen molar-refractivity contribution in [1.82, 2.24) is 15.2 Å². The minimum Gasteiger partial charge on any atom is -0.484 e. The molecule has 2 heterocycles. The van der Waals surface area contributed by atoms with Gasteiger partial charge in [0.25, 0.3) is 11.8 Å². The Balaban J connectivity index is 1.44. The van der Waals surface area contributed by atoms with Gasteiger partial charge in [0.05, 0.1) is 30.8 Å². The number of amides is 2. The summed E-state index contributed by atoms with van der Waals surface area (Å²) in [6.45, 7) is 3.79. The molecule has 4 rings (SSSR count). The maximum atomic E-state index is 13.3. The fourth-order valence-corrected chi connectivity index (χ4v) is 4.18. The van der Waals surface area contributed by atoms with Crippen LogP contribution in [0.4, 0.5) is 0 Å². The number of ether oxygens (including phenoxy) is 2. The molecule has 0 aliphatic carbocycles. The molecule has 1 aliphatic rings. The van der Waals surface area contributed by atoms with Gasteiger partial charge in [0.1, 0.15) is 5.75 Å². The number of nitrogens with zero attached hydrogens (tertiary/aromatic N) is 2. The highest BCUT2D eigenvalue weighted by Gasteiger charge is 2.37. The Kier molecular flexibility index (Phi) is 8.33. The van der Waals surface area contributed by atoms with Crippen LogP contribution in [0.3, 0.4) is 0 Å². The Hall–Kier alpha value is -4.72. The number of aromatic nitrogens is 1. The van der Waals surface area contributed by atoms with E-state index in [-0.39, 0.29) is 42.2 Å². The molecule has 0 spiro atoms. The first kappa shape index (κ1) is 26.3. The van der Waals surface area contributed by atoms with Crippen molar-refractivity contribution in [2.24, 2.45) is 0 Å². The molecule has 0 saturated carbocycles. The van der Waals surface area contributed by atoms with Gasteiger partial charge in [-0.2, -0.15) is 0 Å². The highest BCUT2D eigenvalue weighted by molar-refractivity contribution is 6.16. The SMILES string of the molecule is COC(=O)C1=C(C)N(Cc2cccnc2)C(=O)/C1=C\c1ccc(OCC(=O)N[C@H](C)c2ccccc2)cc1. The predicted molar refractivity (Wildman–Crippen MR) is 142 cm³/mol. The third-order valence-corrected chi connectivity index (χ3v) is 6.20. The van der Waals surface area contributed by atoms with Gasteiger partial charge in [0, 0.05) is 18.1 Å². The van der Waals surface area contributed by atoms with Crippen LogP contribution in [0.1, 0.15) is 36.6 Å². The van der Waals surface area contributed by atoms with Crippen LogP contribution in [0.2, 0.25) is 0 Å². The van der Waals surface area contributed by atoms with E-state index in [0.717, 1.165) is 11.1 Å². The molecule has 0 radical (unpaired) electrons. The Labute approximate surface area is 221 Å². The lowest BCUT2D eigenvalue weighted by Crippen LogP contribution is -2.31. The van der Waals surface area contributed by atoms with Gasteiger partial charge < -0.3 is 19.7 Å². The molecule has 1 atom stereocenters. The van der Waals surface area contributed by atoms with Gasteiger partial charge >= 0.3 is 5.97 Å². The summed E-state index contributed by atoms with van der Waals surface area (Å²) in [7, 11) is 1.29. The van der Waals surface area contributed by atoms with Gasteiger partial charge in [-0.1, -0.05) is 48.5 Å². The summed E-state index contributed by atoms with van der Waals surface area (Å²) < 4.78 is 10.6. The van der Waals surface area contributed by atoms with E-state index >= 15 is 0 Å². The number of carbonyl (C=O) groups excluding carboxylic acids is 3. The minimum atomic E-state index is -0.577. The van der Waals surface area contributed by atoms with Crippen LogP contribution in [0.15, 0.2) is 96.0 Å². The molecule has 3 aromatic rings. The average Bonchev–Trinajstić information content (AvgIpc) is 3.17. The zero-order valence-corrected chi connectivity index (χ0v) is 21.5. The van der Waals surface area contributed by atoms with E-state index in [1.165, 1.54) is 7.11 Å². The highest BCUT2D eigenvalue weighted by Crippen LogP contribution is 2.33. The van der Waals surface area contributed by atoms with Crippen molar-refractivity contribution >= 4 is 23.9 Å². The summed E-state index contributed by atoms with van der Waals surface area (Å²) in [6.07, 6.45) is 5.00. The molecule has 0 unspecified atom stereocenters. The maximum absolute atomic E-state index is 13.3. The first-order chi connectivity index (χ1) is 18.4. The quantitative estimate of drug-likeness (QED) is 0.341.